The van der Waals surface area contributed by atoms with E-state index in [9.17, 15) is 0 Å². The summed E-state index contributed by atoms with van der Waals surface area (Å²) in [6.07, 6.45) is 1.90. The highest BCUT2D eigenvalue weighted by Gasteiger charge is 2.13. The highest BCUT2D eigenvalue weighted by molar-refractivity contribution is 5.56. The lowest BCUT2D eigenvalue weighted by Crippen LogP contribution is -2.17. The van der Waals surface area contributed by atoms with Gasteiger partial charge in [0, 0.05) is 25.9 Å². The first kappa shape index (κ1) is 14.1. The molecule has 0 aliphatic heterocycles. The summed E-state index contributed by atoms with van der Waals surface area (Å²) in [7, 11) is 5.41. The maximum absolute atomic E-state index is 5.32. The van der Waals surface area contributed by atoms with Crippen LogP contribution in [0.2, 0.25) is 0 Å². The lowest BCUT2D eigenvalue weighted by atomic mass is 10.2. The Labute approximate surface area is 128 Å². The quantitative estimate of drug-likeness (QED) is 0.718. The molecule has 7 heteroatoms. The van der Waals surface area contributed by atoms with Crippen LogP contribution in [0.15, 0.2) is 41.1 Å². The van der Waals surface area contributed by atoms with Crippen molar-refractivity contribution < 1.29 is 9.26 Å². The monoisotopic (exact) mass is 299 g/mol. The number of aryl methyl sites for hydroxylation is 1. The van der Waals surface area contributed by atoms with E-state index in [1.807, 2.05) is 55.5 Å². The van der Waals surface area contributed by atoms with Crippen molar-refractivity contribution in [2.45, 2.75) is 6.54 Å². The molecule has 3 aromatic rings. The van der Waals surface area contributed by atoms with Crippen molar-refractivity contribution in [2.75, 3.05) is 19.1 Å². The second kappa shape index (κ2) is 5.88. The van der Waals surface area contributed by atoms with Gasteiger partial charge in [-0.25, -0.2) is 0 Å². The minimum absolute atomic E-state index is 0.455. The summed E-state index contributed by atoms with van der Waals surface area (Å²) in [6.45, 7) is 0.602. The predicted octanol–water partition coefficient (Wildman–Crippen LogP) is 2.12. The maximum atomic E-state index is 5.32. The maximum Gasteiger partial charge on any atom is 0.324 e. The summed E-state index contributed by atoms with van der Waals surface area (Å²) in [5.41, 5.74) is 1.82. The number of hydrogen-bond acceptors (Lipinski definition) is 6. The average Bonchev–Trinajstić information content (AvgIpc) is 3.17. The summed E-state index contributed by atoms with van der Waals surface area (Å²) in [5, 5.41) is 8.35. The van der Waals surface area contributed by atoms with Gasteiger partial charge >= 0.3 is 6.01 Å². The van der Waals surface area contributed by atoms with Crippen LogP contribution in [0.5, 0.6) is 5.75 Å². The Morgan fingerprint density at radius 2 is 2.00 bits per heavy atom. The lowest BCUT2D eigenvalue weighted by Gasteiger charge is -2.10. The van der Waals surface area contributed by atoms with Crippen molar-refractivity contribution in [3.8, 4) is 17.1 Å². The largest absolute Gasteiger partial charge is 0.497 e. The third kappa shape index (κ3) is 2.93. The van der Waals surface area contributed by atoms with Crippen molar-refractivity contribution in [1.82, 2.24) is 19.9 Å². The third-order valence-corrected chi connectivity index (χ3v) is 3.26. The average molecular weight is 299 g/mol. The second-order valence-corrected chi connectivity index (χ2v) is 4.97. The van der Waals surface area contributed by atoms with Gasteiger partial charge in [-0.05, 0) is 30.3 Å². The van der Waals surface area contributed by atoms with Crippen molar-refractivity contribution in [3.63, 3.8) is 0 Å². The summed E-state index contributed by atoms with van der Waals surface area (Å²) >= 11 is 0. The first-order chi connectivity index (χ1) is 10.7. The molecule has 0 fully saturated rings. The summed E-state index contributed by atoms with van der Waals surface area (Å²) < 4.78 is 12.2. The van der Waals surface area contributed by atoms with Crippen LogP contribution in [0.4, 0.5) is 6.01 Å². The van der Waals surface area contributed by atoms with Gasteiger partial charge in [-0.3, -0.25) is 4.68 Å². The fourth-order valence-corrected chi connectivity index (χ4v) is 2.09. The second-order valence-electron chi connectivity index (χ2n) is 4.97. The first-order valence-corrected chi connectivity index (χ1v) is 6.83. The molecule has 0 saturated carbocycles. The Bertz CT molecular complexity index is 747. The van der Waals surface area contributed by atoms with E-state index in [4.69, 9.17) is 9.26 Å². The molecule has 7 nitrogen and oxygen atoms in total. The molecule has 0 atom stereocenters. The van der Waals surface area contributed by atoms with Gasteiger partial charge in [-0.1, -0.05) is 5.16 Å². The summed E-state index contributed by atoms with van der Waals surface area (Å²) in [5.74, 6) is 1.34. The molecule has 0 saturated heterocycles. The van der Waals surface area contributed by atoms with Crippen molar-refractivity contribution in [2.24, 2.45) is 7.05 Å². The van der Waals surface area contributed by atoms with E-state index in [0.717, 1.165) is 17.0 Å². The standard InChI is InChI=1S/C15H17N5O2/c1-19(10-12-8-9-20(2)17-12)15-16-14(18-22-15)11-4-6-13(21-3)7-5-11/h4-9H,10H2,1-3H3. The molecule has 2 heterocycles. The molecule has 0 unspecified atom stereocenters. The number of nitrogens with zero attached hydrogens (tertiary/aromatic N) is 5. The molecule has 0 aliphatic carbocycles. The zero-order chi connectivity index (χ0) is 15.5. The van der Waals surface area contributed by atoms with Crippen molar-refractivity contribution in [1.29, 1.82) is 0 Å². The van der Waals surface area contributed by atoms with Crippen LogP contribution in [0.1, 0.15) is 5.69 Å². The van der Waals surface area contributed by atoms with E-state index >= 15 is 0 Å². The Hall–Kier alpha value is -2.83. The number of anilines is 1. The minimum atomic E-state index is 0.455. The number of hydrogen-bond donors (Lipinski definition) is 0. The van der Waals surface area contributed by atoms with Crippen LogP contribution in [-0.4, -0.2) is 34.1 Å². The van der Waals surface area contributed by atoms with E-state index < -0.39 is 0 Å². The van der Waals surface area contributed by atoms with E-state index in [1.54, 1.807) is 11.8 Å². The van der Waals surface area contributed by atoms with Crippen LogP contribution >= 0.6 is 0 Å². The number of rotatable bonds is 5. The molecule has 0 bridgehead atoms. The Balaban J connectivity index is 1.74. The van der Waals surface area contributed by atoms with Crippen molar-refractivity contribution >= 4 is 6.01 Å². The van der Waals surface area contributed by atoms with Gasteiger partial charge in [-0.2, -0.15) is 10.1 Å². The highest BCUT2D eigenvalue weighted by atomic mass is 16.5. The lowest BCUT2D eigenvalue weighted by molar-refractivity contribution is 0.414. The zero-order valence-electron chi connectivity index (χ0n) is 12.7. The van der Waals surface area contributed by atoms with E-state index in [-0.39, 0.29) is 0 Å². The summed E-state index contributed by atoms with van der Waals surface area (Å²) in [4.78, 5) is 6.28. The topological polar surface area (TPSA) is 69.2 Å². The minimum Gasteiger partial charge on any atom is -0.497 e. The molecule has 3 rings (SSSR count). The van der Waals surface area contributed by atoms with Crippen LogP contribution < -0.4 is 9.64 Å². The number of ether oxygens (including phenoxy) is 1. The van der Waals surface area contributed by atoms with Gasteiger partial charge < -0.3 is 14.2 Å². The van der Waals surface area contributed by atoms with Crippen LogP contribution in [0.25, 0.3) is 11.4 Å². The van der Waals surface area contributed by atoms with E-state index in [1.165, 1.54) is 0 Å². The van der Waals surface area contributed by atoms with Crippen LogP contribution in [-0.2, 0) is 13.6 Å². The van der Waals surface area contributed by atoms with E-state index in [2.05, 4.69) is 15.2 Å². The molecule has 22 heavy (non-hydrogen) atoms. The third-order valence-electron chi connectivity index (χ3n) is 3.26. The molecule has 1 aromatic carbocycles. The molecule has 0 radical (unpaired) electrons. The molecule has 2 aromatic heterocycles. The molecule has 0 spiro atoms. The van der Waals surface area contributed by atoms with Gasteiger partial charge in [0.2, 0.25) is 5.82 Å². The highest BCUT2D eigenvalue weighted by Crippen LogP contribution is 2.22. The fourth-order valence-electron chi connectivity index (χ4n) is 2.09. The molecular weight excluding hydrogens is 282 g/mol. The molecule has 0 N–H and O–H groups in total. The SMILES string of the molecule is COc1ccc(-c2noc(N(C)Cc3ccn(C)n3)n2)cc1. The van der Waals surface area contributed by atoms with Gasteiger partial charge in [0.05, 0.1) is 19.3 Å². The van der Waals surface area contributed by atoms with Gasteiger partial charge in [0.15, 0.2) is 0 Å². The summed E-state index contributed by atoms with van der Waals surface area (Å²) in [6, 6.07) is 9.93. The van der Waals surface area contributed by atoms with E-state index in [0.29, 0.717) is 18.4 Å². The number of benzene rings is 1. The fraction of sp³-hybridized carbons (Fsp3) is 0.267. The van der Waals surface area contributed by atoms with Crippen LogP contribution in [0.3, 0.4) is 0 Å². The number of methoxy groups -OCH3 is 1. The Morgan fingerprint density at radius 1 is 1.23 bits per heavy atom. The molecule has 0 amide bonds. The predicted molar refractivity (Wildman–Crippen MR) is 81.6 cm³/mol. The Kier molecular flexibility index (Phi) is 3.78. The smallest absolute Gasteiger partial charge is 0.324 e. The zero-order valence-corrected chi connectivity index (χ0v) is 12.7. The molecule has 114 valence electrons. The Morgan fingerprint density at radius 3 is 2.64 bits per heavy atom. The first-order valence-electron chi connectivity index (χ1n) is 6.83. The normalized spacial score (nSPS) is 10.7. The van der Waals surface area contributed by atoms with Gasteiger partial charge in [0.1, 0.15) is 5.75 Å². The number of aromatic nitrogens is 4. The molecule has 0 aliphatic rings. The van der Waals surface area contributed by atoms with Gasteiger partial charge in [0.25, 0.3) is 0 Å². The molecular formula is C15H17N5O2. The van der Waals surface area contributed by atoms with Crippen molar-refractivity contribution in [3.05, 3.63) is 42.2 Å². The van der Waals surface area contributed by atoms with Crippen LogP contribution in [0, 0.1) is 0 Å². The van der Waals surface area contributed by atoms with Gasteiger partial charge in [-0.15, -0.1) is 0 Å².